The van der Waals surface area contributed by atoms with Gasteiger partial charge < -0.3 is 5.32 Å². The van der Waals surface area contributed by atoms with E-state index >= 15 is 0 Å². The molecule has 0 aliphatic carbocycles. The Morgan fingerprint density at radius 1 is 1.31 bits per heavy atom. The summed E-state index contributed by atoms with van der Waals surface area (Å²) in [7, 11) is 0. The summed E-state index contributed by atoms with van der Waals surface area (Å²) in [6.07, 6.45) is 2.46. The van der Waals surface area contributed by atoms with E-state index in [1.807, 2.05) is 11.8 Å². The first-order valence-electron chi connectivity index (χ1n) is 5.52. The van der Waals surface area contributed by atoms with Gasteiger partial charge in [-0.3, -0.25) is 0 Å². The van der Waals surface area contributed by atoms with Gasteiger partial charge in [-0.15, -0.1) is 0 Å². The fourth-order valence-corrected chi connectivity index (χ4v) is 3.10. The van der Waals surface area contributed by atoms with Crippen LogP contribution < -0.4 is 5.32 Å². The summed E-state index contributed by atoms with van der Waals surface area (Å²) >= 11 is 1.94. The molecule has 1 N–H and O–H groups in total. The fraction of sp³-hybridized carbons (Fsp3) is 0.500. The highest BCUT2D eigenvalue weighted by molar-refractivity contribution is 8.00. The van der Waals surface area contributed by atoms with Crippen LogP contribution in [-0.2, 0) is 6.54 Å². The minimum absolute atomic E-state index is 0.144. The fourth-order valence-electron chi connectivity index (χ4n) is 1.86. The Balaban J connectivity index is 1.84. The van der Waals surface area contributed by atoms with Crippen LogP contribution in [0.1, 0.15) is 18.4 Å². The molecule has 1 unspecified atom stereocenters. The van der Waals surface area contributed by atoms with Crippen LogP contribution in [0, 0.1) is 11.6 Å². The highest BCUT2D eigenvalue weighted by Crippen LogP contribution is 2.25. The third-order valence-corrected chi connectivity index (χ3v) is 4.16. The molecule has 1 atom stereocenters. The van der Waals surface area contributed by atoms with Gasteiger partial charge in [-0.25, -0.2) is 8.78 Å². The van der Waals surface area contributed by atoms with E-state index in [0.29, 0.717) is 5.25 Å². The Bertz CT molecular complexity index is 331. The third-order valence-electron chi connectivity index (χ3n) is 2.76. The van der Waals surface area contributed by atoms with Crippen molar-refractivity contribution in [2.75, 3.05) is 12.3 Å². The van der Waals surface area contributed by atoms with Crippen molar-refractivity contribution in [3.63, 3.8) is 0 Å². The molecule has 0 aromatic heterocycles. The summed E-state index contributed by atoms with van der Waals surface area (Å²) in [4.78, 5) is 0. The highest BCUT2D eigenvalue weighted by Gasteiger charge is 2.15. The Hall–Kier alpha value is -0.610. The number of rotatable bonds is 4. The van der Waals surface area contributed by atoms with Crippen LogP contribution in [0.25, 0.3) is 0 Å². The number of nitrogens with one attached hydrogen (secondary N) is 1. The van der Waals surface area contributed by atoms with Crippen LogP contribution in [-0.4, -0.2) is 17.5 Å². The van der Waals surface area contributed by atoms with Gasteiger partial charge in [0.2, 0.25) is 0 Å². The monoisotopic (exact) mass is 243 g/mol. The lowest BCUT2D eigenvalue weighted by Crippen LogP contribution is -2.23. The maximum Gasteiger partial charge on any atom is 0.130 e. The van der Waals surface area contributed by atoms with Crippen molar-refractivity contribution in [1.82, 2.24) is 5.32 Å². The molecule has 0 saturated carbocycles. The lowest BCUT2D eigenvalue weighted by Gasteiger charge is -2.10. The van der Waals surface area contributed by atoms with Crippen LogP contribution in [0.3, 0.4) is 0 Å². The second-order valence-electron chi connectivity index (χ2n) is 3.97. The number of thioether (sulfide) groups is 1. The van der Waals surface area contributed by atoms with Crippen LogP contribution in [0.5, 0.6) is 0 Å². The van der Waals surface area contributed by atoms with Gasteiger partial charge in [0.15, 0.2) is 0 Å². The van der Waals surface area contributed by atoms with Gasteiger partial charge in [0.25, 0.3) is 0 Å². The van der Waals surface area contributed by atoms with Gasteiger partial charge in [-0.1, -0.05) is 6.07 Å². The lowest BCUT2D eigenvalue weighted by atomic mass is 10.2. The van der Waals surface area contributed by atoms with E-state index in [1.165, 1.54) is 36.8 Å². The standard InChI is InChI=1S/C12H15F2NS/c13-11-4-1-5-12(14)10(11)8-15-7-9-3-2-6-16-9/h1,4-5,9,15H,2-3,6-8H2. The van der Waals surface area contributed by atoms with E-state index in [9.17, 15) is 8.78 Å². The maximum atomic E-state index is 13.3. The zero-order valence-electron chi connectivity index (χ0n) is 9.01. The van der Waals surface area contributed by atoms with Crippen molar-refractivity contribution in [1.29, 1.82) is 0 Å². The predicted octanol–water partition coefficient (Wildman–Crippen LogP) is 2.95. The first kappa shape index (κ1) is 11.9. The van der Waals surface area contributed by atoms with E-state index < -0.39 is 11.6 Å². The van der Waals surface area contributed by atoms with Crippen molar-refractivity contribution >= 4 is 11.8 Å². The SMILES string of the molecule is Fc1cccc(F)c1CNCC1CCCS1. The molecule has 88 valence electrons. The third kappa shape index (κ3) is 2.95. The molecule has 0 bridgehead atoms. The van der Waals surface area contributed by atoms with Crippen LogP contribution in [0.2, 0.25) is 0 Å². The van der Waals surface area contributed by atoms with Crippen molar-refractivity contribution < 1.29 is 8.78 Å². The van der Waals surface area contributed by atoms with Gasteiger partial charge in [0, 0.05) is 23.9 Å². The Kier molecular flexibility index (Phi) is 4.18. The normalized spacial score (nSPS) is 20.2. The Morgan fingerprint density at radius 2 is 2.06 bits per heavy atom. The molecule has 1 aliphatic rings. The second kappa shape index (κ2) is 5.64. The number of hydrogen-bond donors (Lipinski definition) is 1. The molecule has 16 heavy (non-hydrogen) atoms. The van der Waals surface area contributed by atoms with Crippen molar-refractivity contribution in [2.45, 2.75) is 24.6 Å². The van der Waals surface area contributed by atoms with Crippen molar-refractivity contribution in [2.24, 2.45) is 0 Å². The Labute approximate surface area is 98.6 Å². The molecule has 1 aromatic rings. The molecule has 4 heteroatoms. The molecule has 1 aromatic carbocycles. The Morgan fingerprint density at radius 3 is 2.69 bits per heavy atom. The van der Waals surface area contributed by atoms with E-state index in [1.54, 1.807) is 0 Å². The number of halogens is 2. The zero-order valence-corrected chi connectivity index (χ0v) is 9.83. The molecular formula is C12H15F2NS. The second-order valence-corrected chi connectivity index (χ2v) is 5.37. The molecular weight excluding hydrogens is 228 g/mol. The number of benzene rings is 1. The minimum atomic E-state index is -0.466. The molecule has 1 nitrogen and oxygen atoms in total. The summed E-state index contributed by atoms with van der Waals surface area (Å²) in [6, 6.07) is 3.98. The minimum Gasteiger partial charge on any atom is -0.311 e. The molecule has 1 aliphatic heterocycles. The van der Waals surface area contributed by atoms with Crippen LogP contribution in [0.4, 0.5) is 8.78 Å². The van der Waals surface area contributed by atoms with E-state index in [0.717, 1.165) is 6.54 Å². The van der Waals surface area contributed by atoms with Gasteiger partial charge in [-0.2, -0.15) is 11.8 Å². The first-order valence-corrected chi connectivity index (χ1v) is 6.57. The van der Waals surface area contributed by atoms with Gasteiger partial charge in [0.05, 0.1) is 0 Å². The predicted molar refractivity (Wildman–Crippen MR) is 63.5 cm³/mol. The van der Waals surface area contributed by atoms with E-state index in [2.05, 4.69) is 5.32 Å². The lowest BCUT2D eigenvalue weighted by molar-refractivity contribution is 0.533. The smallest absolute Gasteiger partial charge is 0.130 e. The van der Waals surface area contributed by atoms with Crippen LogP contribution >= 0.6 is 11.8 Å². The summed E-state index contributed by atoms with van der Waals surface area (Å²) in [6.45, 7) is 1.11. The summed E-state index contributed by atoms with van der Waals surface area (Å²) in [5, 5.41) is 3.73. The maximum absolute atomic E-state index is 13.3. The van der Waals surface area contributed by atoms with Crippen LogP contribution in [0.15, 0.2) is 18.2 Å². The summed E-state index contributed by atoms with van der Waals surface area (Å²) in [5.74, 6) is 0.276. The molecule has 1 fully saturated rings. The number of hydrogen-bond acceptors (Lipinski definition) is 2. The molecule has 2 rings (SSSR count). The average Bonchev–Trinajstić information content (AvgIpc) is 2.75. The van der Waals surface area contributed by atoms with Gasteiger partial charge in [0.1, 0.15) is 11.6 Å². The zero-order chi connectivity index (χ0) is 11.4. The largest absolute Gasteiger partial charge is 0.311 e. The van der Waals surface area contributed by atoms with E-state index in [4.69, 9.17) is 0 Å². The molecule has 0 spiro atoms. The topological polar surface area (TPSA) is 12.0 Å². The highest BCUT2D eigenvalue weighted by atomic mass is 32.2. The van der Waals surface area contributed by atoms with Gasteiger partial charge >= 0.3 is 0 Å². The molecule has 1 saturated heterocycles. The molecule has 0 radical (unpaired) electrons. The first-order chi connectivity index (χ1) is 7.77. The van der Waals surface area contributed by atoms with E-state index in [-0.39, 0.29) is 12.1 Å². The van der Waals surface area contributed by atoms with Crippen molar-refractivity contribution in [3.05, 3.63) is 35.4 Å². The molecule has 1 heterocycles. The van der Waals surface area contributed by atoms with Crippen molar-refractivity contribution in [3.8, 4) is 0 Å². The summed E-state index contributed by atoms with van der Waals surface area (Å²) < 4.78 is 26.5. The quantitative estimate of drug-likeness (QED) is 0.872. The summed E-state index contributed by atoms with van der Waals surface area (Å²) in [5.41, 5.74) is 0.144. The van der Waals surface area contributed by atoms with Gasteiger partial charge in [-0.05, 0) is 30.7 Å². The average molecular weight is 243 g/mol. The molecule has 0 amide bonds.